The summed E-state index contributed by atoms with van der Waals surface area (Å²) in [7, 11) is 0. The number of nitrogens with one attached hydrogen (secondary N) is 1. The molecule has 0 unspecified atom stereocenters. The van der Waals surface area contributed by atoms with Gasteiger partial charge < -0.3 is 5.32 Å². The molecule has 0 aromatic carbocycles. The first-order chi connectivity index (χ1) is 5.70. The van der Waals surface area contributed by atoms with Crippen LogP contribution in [0.15, 0.2) is 6.20 Å². The van der Waals surface area contributed by atoms with Gasteiger partial charge in [-0.05, 0) is 18.5 Å². The summed E-state index contributed by atoms with van der Waals surface area (Å²) < 4.78 is 3.52. The number of rotatable bonds is 3. The van der Waals surface area contributed by atoms with Gasteiger partial charge in [0, 0.05) is 0 Å². The summed E-state index contributed by atoms with van der Waals surface area (Å²) in [5, 5.41) is 5.92. The van der Waals surface area contributed by atoms with Crippen molar-refractivity contribution in [2.75, 3.05) is 6.54 Å². The van der Waals surface area contributed by atoms with Crippen molar-refractivity contribution >= 4 is 23.2 Å². The second-order valence-corrected chi connectivity index (χ2v) is 2.95. The number of hydrogen-bond donors (Lipinski definition) is 1. The fraction of sp³-hybridized carbons (Fsp3) is 0.333. The molecule has 1 N–H and O–H groups in total. The smallest absolute Gasteiger partial charge is 0.265 e. The molecule has 5 nitrogen and oxygen atoms in total. The lowest BCUT2D eigenvalue weighted by Gasteiger charge is -1.97. The molecule has 64 valence electrons. The highest BCUT2D eigenvalue weighted by Gasteiger charge is 2.07. The highest BCUT2D eigenvalue weighted by atomic mass is 32.1. The zero-order valence-corrected chi connectivity index (χ0v) is 7.22. The van der Waals surface area contributed by atoms with Gasteiger partial charge in [0.2, 0.25) is 0 Å². The van der Waals surface area contributed by atoms with Crippen molar-refractivity contribution in [1.29, 1.82) is 0 Å². The van der Waals surface area contributed by atoms with Gasteiger partial charge in [-0.1, -0.05) is 4.49 Å². The molecule has 1 heterocycles. The Balaban J connectivity index is 2.45. The minimum Gasteiger partial charge on any atom is -0.344 e. The molecule has 0 saturated carbocycles. The van der Waals surface area contributed by atoms with Crippen molar-refractivity contribution in [1.82, 2.24) is 14.9 Å². The first-order valence-corrected chi connectivity index (χ1v) is 4.02. The van der Waals surface area contributed by atoms with Crippen LogP contribution in [0.3, 0.4) is 0 Å². The zero-order chi connectivity index (χ0) is 8.97. The maximum absolute atomic E-state index is 11.1. The molecule has 0 atom stereocenters. The number of nitrogens with zero attached hydrogens (tertiary/aromatic N) is 2. The highest BCUT2D eigenvalue weighted by Crippen LogP contribution is 2.00. The van der Waals surface area contributed by atoms with Crippen LogP contribution in [0, 0.1) is 0 Å². The molecule has 1 rings (SSSR count). The van der Waals surface area contributed by atoms with Crippen molar-refractivity contribution in [3.63, 3.8) is 0 Å². The van der Waals surface area contributed by atoms with Crippen LogP contribution in [0.2, 0.25) is 0 Å². The van der Waals surface area contributed by atoms with Crippen molar-refractivity contribution in [2.45, 2.75) is 6.92 Å². The van der Waals surface area contributed by atoms with Crippen LogP contribution in [0.1, 0.15) is 16.6 Å². The Bertz CT molecular complexity index is 283. The largest absolute Gasteiger partial charge is 0.344 e. The summed E-state index contributed by atoms with van der Waals surface area (Å²) in [6, 6.07) is 0. The normalized spacial score (nSPS) is 9.42. The van der Waals surface area contributed by atoms with E-state index < -0.39 is 0 Å². The van der Waals surface area contributed by atoms with Gasteiger partial charge in [0.05, 0.1) is 12.7 Å². The van der Waals surface area contributed by atoms with Gasteiger partial charge in [0.25, 0.3) is 5.91 Å². The Hall–Kier alpha value is -1.30. The number of ketones is 1. The molecule has 6 heteroatoms. The molecule has 0 aliphatic heterocycles. The molecule has 1 aromatic rings. The lowest BCUT2D eigenvalue weighted by molar-refractivity contribution is -0.116. The summed E-state index contributed by atoms with van der Waals surface area (Å²) >= 11 is 0.998. The van der Waals surface area contributed by atoms with E-state index in [1.807, 2.05) is 0 Å². The quantitative estimate of drug-likeness (QED) is 0.711. The molecule has 0 spiro atoms. The number of carbonyl (C=O) groups excluding carboxylic acids is 2. The van der Waals surface area contributed by atoms with Crippen LogP contribution in [-0.4, -0.2) is 27.8 Å². The van der Waals surface area contributed by atoms with E-state index in [0.29, 0.717) is 4.88 Å². The molecule has 1 aromatic heterocycles. The van der Waals surface area contributed by atoms with Gasteiger partial charge in [-0.2, -0.15) is 0 Å². The standard InChI is InChI=1S/C6H7N3O2S/c1-4(10)2-7-6(11)5-3-8-9-12-5/h3H,2H2,1H3,(H,7,11). The van der Waals surface area contributed by atoms with Crippen molar-refractivity contribution in [3.05, 3.63) is 11.1 Å². The van der Waals surface area contributed by atoms with E-state index in [2.05, 4.69) is 14.9 Å². The summed E-state index contributed by atoms with van der Waals surface area (Å²) in [4.78, 5) is 22.0. The van der Waals surface area contributed by atoms with E-state index in [4.69, 9.17) is 0 Å². The molecular weight excluding hydrogens is 178 g/mol. The van der Waals surface area contributed by atoms with Crippen LogP contribution in [0.5, 0.6) is 0 Å². The molecule has 1 amide bonds. The number of carbonyl (C=O) groups is 2. The second-order valence-electron chi connectivity index (χ2n) is 2.17. The lowest BCUT2D eigenvalue weighted by atomic mass is 10.4. The third-order valence-corrected chi connectivity index (χ3v) is 1.75. The zero-order valence-electron chi connectivity index (χ0n) is 6.40. The molecule has 0 saturated heterocycles. The lowest BCUT2D eigenvalue weighted by Crippen LogP contribution is -2.27. The Morgan fingerprint density at radius 3 is 2.92 bits per heavy atom. The van der Waals surface area contributed by atoms with Gasteiger partial charge in [0.15, 0.2) is 0 Å². The summed E-state index contributed by atoms with van der Waals surface area (Å²) in [6.45, 7) is 1.46. The van der Waals surface area contributed by atoms with Crippen LogP contribution in [0.25, 0.3) is 0 Å². The molecule has 0 aliphatic carbocycles. The van der Waals surface area contributed by atoms with E-state index in [0.717, 1.165) is 11.5 Å². The fourth-order valence-corrected chi connectivity index (χ4v) is 0.991. The van der Waals surface area contributed by atoms with E-state index in [-0.39, 0.29) is 18.2 Å². The topological polar surface area (TPSA) is 72.0 Å². The number of hydrogen-bond acceptors (Lipinski definition) is 5. The SMILES string of the molecule is CC(=O)CNC(=O)c1cnns1. The van der Waals surface area contributed by atoms with Gasteiger partial charge in [-0.15, -0.1) is 5.10 Å². The Morgan fingerprint density at radius 2 is 2.42 bits per heavy atom. The minimum atomic E-state index is -0.305. The monoisotopic (exact) mass is 185 g/mol. The average Bonchev–Trinajstić information content (AvgIpc) is 2.51. The summed E-state index contributed by atoms with van der Waals surface area (Å²) in [6.07, 6.45) is 1.36. The van der Waals surface area contributed by atoms with Crippen molar-refractivity contribution < 1.29 is 9.59 Å². The van der Waals surface area contributed by atoms with Gasteiger partial charge >= 0.3 is 0 Å². The Labute approximate surface area is 73.0 Å². The average molecular weight is 185 g/mol. The van der Waals surface area contributed by atoms with Crippen molar-refractivity contribution in [2.24, 2.45) is 0 Å². The van der Waals surface area contributed by atoms with Crippen LogP contribution in [-0.2, 0) is 4.79 Å². The molecule has 0 radical (unpaired) electrons. The van der Waals surface area contributed by atoms with E-state index in [1.165, 1.54) is 13.1 Å². The maximum atomic E-state index is 11.1. The van der Waals surface area contributed by atoms with Crippen LogP contribution < -0.4 is 5.32 Å². The van der Waals surface area contributed by atoms with Crippen LogP contribution >= 0.6 is 11.5 Å². The van der Waals surface area contributed by atoms with E-state index in [1.54, 1.807) is 0 Å². The van der Waals surface area contributed by atoms with E-state index in [9.17, 15) is 9.59 Å². The first kappa shape index (κ1) is 8.79. The predicted molar refractivity (Wildman–Crippen MR) is 42.9 cm³/mol. The number of aromatic nitrogens is 2. The number of Topliss-reactive ketones (excluding diaryl/α,β-unsaturated/α-hetero) is 1. The molecular formula is C6H7N3O2S. The molecule has 0 bridgehead atoms. The minimum absolute atomic E-state index is 0.0523. The summed E-state index contributed by atoms with van der Waals surface area (Å²) in [5.41, 5.74) is 0. The van der Waals surface area contributed by atoms with Gasteiger partial charge in [-0.25, -0.2) is 0 Å². The molecule has 12 heavy (non-hydrogen) atoms. The first-order valence-electron chi connectivity index (χ1n) is 3.25. The van der Waals surface area contributed by atoms with Crippen molar-refractivity contribution in [3.8, 4) is 0 Å². The Kier molecular flexibility index (Phi) is 2.87. The van der Waals surface area contributed by atoms with Gasteiger partial charge in [0.1, 0.15) is 10.7 Å². The molecule has 0 aliphatic rings. The fourth-order valence-electron chi connectivity index (χ4n) is 0.559. The Morgan fingerprint density at radius 1 is 1.67 bits per heavy atom. The van der Waals surface area contributed by atoms with Gasteiger partial charge in [-0.3, -0.25) is 9.59 Å². The molecule has 0 fully saturated rings. The van der Waals surface area contributed by atoms with Crippen LogP contribution in [0.4, 0.5) is 0 Å². The second kappa shape index (κ2) is 3.91. The number of amides is 1. The third kappa shape index (κ3) is 2.39. The third-order valence-electron chi connectivity index (χ3n) is 1.08. The highest BCUT2D eigenvalue weighted by molar-refractivity contribution is 7.07. The van der Waals surface area contributed by atoms with E-state index >= 15 is 0 Å². The maximum Gasteiger partial charge on any atom is 0.265 e. The predicted octanol–water partition coefficient (Wildman–Crippen LogP) is -0.143. The summed E-state index contributed by atoms with van der Waals surface area (Å²) in [5.74, 6) is -0.388.